The Hall–Kier alpha value is -0.200. The maximum Gasteiger partial charge on any atom is 0.109 e. The molecule has 5 aliphatic rings. The van der Waals surface area contributed by atoms with E-state index in [4.69, 9.17) is 4.74 Å². The molecule has 5 fully saturated rings. The minimum Gasteiger partial charge on any atom is -0.389 e. The summed E-state index contributed by atoms with van der Waals surface area (Å²) in [5.41, 5.74) is 0.697. The Morgan fingerprint density at radius 1 is 0.846 bits per heavy atom. The van der Waals surface area contributed by atoms with Gasteiger partial charge in [-0.3, -0.25) is 0 Å². The Morgan fingerprint density at radius 3 is 2.15 bits per heavy atom. The average molecular weight is 368 g/mol. The Bertz CT molecular complexity index is 436. The van der Waals surface area contributed by atoms with Gasteiger partial charge in [-0.25, -0.2) is 0 Å². The van der Waals surface area contributed by atoms with Crippen molar-refractivity contribution in [2.24, 2.45) is 23.2 Å². The smallest absolute Gasteiger partial charge is 0.109 e. The minimum absolute atomic E-state index is 0.291. The first-order valence-electron chi connectivity index (χ1n) is 10.9. The highest BCUT2D eigenvalue weighted by Gasteiger charge is 2.50. The normalized spacial score (nSPS) is 47.4. The summed E-state index contributed by atoms with van der Waals surface area (Å²) >= 11 is 0. The van der Waals surface area contributed by atoms with Gasteiger partial charge in [-0.2, -0.15) is 0 Å². The van der Waals surface area contributed by atoms with E-state index >= 15 is 0 Å². The lowest BCUT2D eigenvalue weighted by molar-refractivity contribution is -0.105. The van der Waals surface area contributed by atoms with Gasteiger partial charge in [0.15, 0.2) is 0 Å². The molecule has 5 nitrogen and oxygen atoms in total. The standard InChI is InChI=1S/C21H37NO4/c23-18-12-22-17(19(24)20(18)25)13-26-5-3-1-2-4-21-9-14-6-15(10-21)8-16(7-14)11-21/h14-20,22-25H,1-13H2/t14?,15?,16?,17-,18+,19-,20-,21?/m1/s1. The number of ether oxygens (including phenoxy) is 1. The van der Waals surface area contributed by atoms with E-state index in [1.54, 1.807) is 0 Å². The number of hydrogen-bond acceptors (Lipinski definition) is 5. The Kier molecular flexibility index (Phi) is 5.92. The summed E-state index contributed by atoms with van der Waals surface area (Å²) < 4.78 is 5.71. The molecule has 1 aliphatic heterocycles. The highest BCUT2D eigenvalue weighted by molar-refractivity contribution is 5.01. The van der Waals surface area contributed by atoms with E-state index in [0.717, 1.165) is 24.2 Å². The van der Waals surface area contributed by atoms with Gasteiger partial charge in [-0.05, 0) is 74.5 Å². The molecule has 1 heterocycles. The summed E-state index contributed by atoms with van der Waals surface area (Å²) in [6.07, 6.45) is 11.2. The molecular weight excluding hydrogens is 330 g/mol. The maximum absolute atomic E-state index is 9.95. The molecule has 0 aromatic heterocycles. The molecule has 0 aromatic rings. The number of nitrogens with one attached hydrogen (secondary N) is 1. The third kappa shape index (κ3) is 4.12. The van der Waals surface area contributed by atoms with Crippen LogP contribution in [-0.4, -0.2) is 59.4 Å². The highest BCUT2D eigenvalue weighted by atomic mass is 16.5. The van der Waals surface area contributed by atoms with Crippen LogP contribution in [0.4, 0.5) is 0 Å². The first kappa shape index (κ1) is 19.1. The first-order chi connectivity index (χ1) is 12.5. The van der Waals surface area contributed by atoms with Gasteiger partial charge in [-0.1, -0.05) is 12.8 Å². The van der Waals surface area contributed by atoms with Crippen molar-refractivity contribution in [1.82, 2.24) is 5.32 Å². The molecule has 1 saturated heterocycles. The van der Waals surface area contributed by atoms with Gasteiger partial charge in [0.25, 0.3) is 0 Å². The third-order valence-corrected chi connectivity index (χ3v) is 7.70. The van der Waals surface area contributed by atoms with Crippen LogP contribution in [0.2, 0.25) is 0 Å². The zero-order valence-electron chi connectivity index (χ0n) is 16.0. The van der Waals surface area contributed by atoms with E-state index in [1.807, 2.05) is 0 Å². The molecule has 4 atom stereocenters. The van der Waals surface area contributed by atoms with Crippen molar-refractivity contribution in [2.75, 3.05) is 19.8 Å². The van der Waals surface area contributed by atoms with Crippen LogP contribution in [0.3, 0.4) is 0 Å². The minimum atomic E-state index is -1.08. The van der Waals surface area contributed by atoms with E-state index < -0.39 is 18.3 Å². The summed E-state index contributed by atoms with van der Waals surface area (Å²) in [4.78, 5) is 0. The number of β-amino-alcohol motifs (C(OH)–C–C–N with tert-alkyl or cyclic N) is 1. The number of aliphatic hydroxyl groups is 3. The van der Waals surface area contributed by atoms with Gasteiger partial charge < -0.3 is 25.4 Å². The van der Waals surface area contributed by atoms with E-state index in [1.165, 1.54) is 57.8 Å². The zero-order chi connectivity index (χ0) is 18.1. The van der Waals surface area contributed by atoms with E-state index in [2.05, 4.69) is 5.32 Å². The summed E-state index contributed by atoms with van der Waals surface area (Å²) in [7, 11) is 0. The fourth-order valence-corrected chi connectivity index (χ4v) is 6.82. The fourth-order valence-electron chi connectivity index (χ4n) is 6.82. The highest BCUT2D eigenvalue weighted by Crippen LogP contribution is 2.61. The number of aliphatic hydroxyl groups excluding tert-OH is 3. The van der Waals surface area contributed by atoms with Gasteiger partial charge in [0.1, 0.15) is 6.10 Å². The topological polar surface area (TPSA) is 82.0 Å². The number of hydrogen-bond donors (Lipinski definition) is 4. The van der Waals surface area contributed by atoms with Crippen LogP contribution in [0.25, 0.3) is 0 Å². The molecule has 0 spiro atoms. The lowest BCUT2D eigenvalue weighted by atomic mass is 9.48. The maximum atomic E-state index is 9.95. The summed E-state index contributed by atoms with van der Waals surface area (Å²) in [6.45, 7) is 1.40. The van der Waals surface area contributed by atoms with Gasteiger partial charge in [-0.15, -0.1) is 0 Å². The lowest BCUT2D eigenvalue weighted by Crippen LogP contribution is -2.61. The number of unbranched alkanes of at least 4 members (excludes halogenated alkanes) is 2. The molecule has 4 N–H and O–H groups in total. The monoisotopic (exact) mass is 367 g/mol. The van der Waals surface area contributed by atoms with Gasteiger partial charge >= 0.3 is 0 Å². The van der Waals surface area contributed by atoms with Crippen molar-refractivity contribution in [2.45, 2.75) is 88.6 Å². The molecular formula is C21H37NO4. The predicted octanol–water partition coefficient (Wildman–Crippen LogP) is 1.83. The first-order valence-corrected chi connectivity index (χ1v) is 10.9. The van der Waals surface area contributed by atoms with Gasteiger partial charge in [0.2, 0.25) is 0 Å². The second-order valence-corrected chi connectivity index (χ2v) is 9.87. The SMILES string of the molecule is O[C@H]1[C@H](O)[C@@H](COCCCCCC23CC4CC(CC(C4)C2)C3)NC[C@@H]1O. The molecule has 26 heavy (non-hydrogen) atoms. The number of rotatable bonds is 8. The third-order valence-electron chi connectivity index (χ3n) is 7.70. The molecule has 0 radical (unpaired) electrons. The molecule has 4 aliphatic carbocycles. The number of piperidine rings is 1. The van der Waals surface area contributed by atoms with Crippen molar-refractivity contribution in [3.05, 3.63) is 0 Å². The molecule has 4 bridgehead atoms. The predicted molar refractivity (Wildman–Crippen MR) is 99.7 cm³/mol. The molecule has 0 unspecified atom stereocenters. The van der Waals surface area contributed by atoms with Crippen LogP contribution in [0, 0.1) is 23.2 Å². The van der Waals surface area contributed by atoms with Crippen molar-refractivity contribution < 1.29 is 20.1 Å². The van der Waals surface area contributed by atoms with Crippen molar-refractivity contribution >= 4 is 0 Å². The zero-order valence-corrected chi connectivity index (χ0v) is 16.0. The van der Waals surface area contributed by atoms with E-state index in [-0.39, 0.29) is 6.04 Å². The van der Waals surface area contributed by atoms with Crippen LogP contribution in [0.1, 0.15) is 64.2 Å². The van der Waals surface area contributed by atoms with Crippen LogP contribution in [0.15, 0.2) is 0 Å². The Morgan fingerprint density at radius 2 is 1.50 bits per heavy atom. The molecule has 5 rings (SSSR count). The summed E-state index contributed by atoms with van der Waals surface area (Å²) in [5, 5.41) is 32.2. The lowest BCUT2D eigenvalue weighted by Gasteiger charge is -2.57. The van der Waals surface area contributed by atoms with Gasteiger partial charge in [0.05, 0.1) is 24.9 Å². The van der Waals surface area contributed by atoms with Gasteiger partial charge in [0, 0.05) is 13.2 Å². The van der Waals surface area contributed by atoms with Crippen molar-refractivity contribution in [3.8, 4) is 0 Å². The average Bonchev–Trinajstić information content (AvgIpc) is 2.59. The quantitative estimate of drug-likeness (QED) is 0.492. The Balaban J connectivity index is 1.09. The molecule has 0 aromatic carbocycles. The second kappa shape index (κ2) is 8.04. The van der Waals surface area contributed by atoms with Crippen LogP contribution in [0.5, 0.6) is 0 Å². The van der Waals surface area contributed by atoms with Crippen LogP contribution < -0.4 is 5.32 Å². The van der Waals surface area contributed by atoms with Crippen molar-refractivity contribution in [1.29, 1.82) is 0 Å². The van der Waals surface area contributed by atoms with E-state index in [9.17, 15) is 15.3 Å². The summed E-state index contributed by atoms with van der Waals surface area (Å²) in [6, 6.07) is -0.291. The summed E-state index contributed by atoms with van der Waals surface area (Å²) in [5.74, 6) is 3.15. The largest absolute Gasteiger partial charge is 0.389 e. The van der Waals surface area contributed by atoms with Crippen molar-refractivity contribution in [3.63, 3.8) is 0 Å². The van der Waals surface area contributed by atoms with E-state index in [0.29, 0.717) is 25.2 Å². The molecule has 0 amide bonds. The second-order valence-electron chi connectivity index (χ2n) is 9.87. The Labute approximate surface area is 157 Å². The molecule has 150 valence electrons. The fraction of sp³-hybridized carbons (Fsp3) is 1.00. The van der Waals surface area contributed by atoms with Crippen LogP contribution >= 0.6 is 0 Å². The molecule has 5 heteroatoms. The molecule has 4 saturated carbocycles. The van der Waals surface area contributed by atoms with Crippen LogP contribution in [-0.2, 0) is 4.74 Å².